The van der Waals surface area contributed by atoms with Gasteiger partial charge in [0.25, 0.3) is 0 Å². The molecule has 0 atom stereocenters. The average Bonchev–Trinajstić information content (AvgIpc) is 2.54. The summed E-state index contributed by atoms with van der Waals surface area (Å²) in [7, 11) is 1.32. The van der Waals surface area contributed by atoms with E-state index in [4.69, 9.17) is 5.73 Å². The number of hydrogen-bond donors (Lipinski definition) is 2. The van der Waals surface area contributed by atoms with Gasteiger partial charge < -0.3 is 15.8 Å². The highest BCUT2D eigenvalue weighted by Crippen LogP contribution is 2.24. The molecule has 0 radical (unpaired) electrons. The lowest BCUT2D eigenvalue weighted by atomic mass is 10.2. The number of rotatable bonds is 5. The summed E-state index contributed by atoms with van der Waals surface area (Å²) >= 11 is 1.37. The molecule has 0 fully saturated rings. The monoisotopic (exact) mass is 316 g/mol. The molecule has 114 valence electrons. The van der Waals surface area contributed by atoms with Gasteiger partial charge in [0.05, 0.1) is 18.4 Å². The maximum Gasteiger partial charge on any atom is 0.337 e. The van der Waals surface area contributed by atoms with Gasteiger partial charge in [0.1, 0.15) is 0 Å². The third kappa shape index (κ3) is 4.26. The molecule has 3 N–H and O–H groups in total. The van der Waals surface area contributed by atoms with Gasteiger partial charge in [0.15, 0.2) is 0 Å². The Bertz CT molecular complexity index is 671. The number of ether oxygens (including phenoxy) is 1. The first-order chi connectivity index (χ1) is 10.6. The van der Waals surface area contributed by atoms with Crippen LogP contribution in [0.1, 0.15) is 10.4 Å². The minimum atomic E-state index is -0.409. The first-order valence-corrected chi connectivity index (χ1v) is 7.54. The van der Waals surface area contributed by atoms with E-state index in [9.17, 15) is 9.59 Å². The number of anilines is 2. The van der Waals surface area contributed by atoms with Gasteiger partial charge in [-0.05, 0) is 36.4 Å². The zero-order valence-electron chi connectivity index (χ0n) is 12.0. The summed E-state index contributed by atoms with van der Waals surface area (Å²) < 4.78 is 4.61. The second-order valence-corrected chi connectivity index (χ2v) is 5.46. The predicted octanol–water partition coefficient (Wildman–Crippen LogP) is 2.79. The Morgan fingerprint density at radius 2 is 1.82 bits per heavy atom. The van der Waals surface area contributed by atoms with Gasteiger partial charge in [-0.15, -0.1) is 11.8 Å². The second-order valence-electron chi connectivity index (χ2n) is 4.44. The van der Waals surface area contributed by atoms with E-state index in [1.54, 1.807) is 30.3 Å². The number of nitrogens with one attached hydrogen (secondary N) is 1. The maximum absolute atomic E-state index is 11.9. The number of carbonyl (C=O) groups is 2. The van der Waals surface area contributed by atoms with Gasteiger partial charge in [-0.1, -0.05) is 12.1 Å². The number of methoxy groups -OCH3 is 1. The third-order valence-electron chi connectivity index (χ3n) is 2.87. The van der Waals surface area contributed by atoms with Gasteiger partial charge >= 0.3 is 5.97 Å². The standard InChI is InChI=1S/C16H16N2O3S/c1-21-16(20)11-6-8-12(9-7-11)18-15(19)10-22-14-5-3-2-4-13(14)17/h2-9H,10,17H2,1H3,(H,18,19). The molecule has 2 rings (SSSR count). The maximum atomic E-state index is 11.9. The summed E-state index contributed by atoms with van der Waals surface area (Å²) in [6.07, 6.45) is 0. The van der Waals surface area contributed by atoms with Crippen LogP contribution in [0.5, 0.6) is 0 Å². The lowest BCUT2D eigenvalue weighted by Crippen LogP contribution is -2.14. The first-order valence-electron chi connectivity index (χ1n) is 6.55. The van der Waals surface area contributed by atoms with Crippen LogP contribution in [0.25, 0.3) is 0 Å². The minimum absolute atomic E-state index is 0.140. The van der Waals surface area contributed by atoms with Gasteiger partial charge in [-0.3, -0.25) is 4.79 Å². The van der Waals surface area contributed by atoms with E-state index in [1.807, 2.05) is 18.2 Å². The highest BCUT2D eigenvalue weighted by atomic mass is 32.2. The van der Waals surface area contributed by atoms with Crippen molar-refractivity contribution in [3.8, 4) is 0 Å². The average molecular weight is 316 g/mol. The van der Waals surface area contributed by atoms with Crippen LogP contribution in [0, 0.1) is 0 Å². The number of nitrogen functional groups attached to an aromatic ring is 1. The van der Waals surface area contributed by atoms with Crippen molar-refractivity contribution in [2.45, 2.75) is 4.90 Å². The van der Waals surface area contributed by atoms with Crippen molar-refractivity contribution < 1.29 is 14.3 Å². The van der Waals surface area contributed by atoms with Crippen molar-refractivity contribution in [1.82, 2.24) is 0 Å². The zero-order chi connectivity index (χ0) is 15.9. The minimum Gasteiger partial charge on any atom is -0.465 e. The molecule has 2 aromatic rings. The largest absolute Gasteiger partial charge is 0.465 e. The van der Waals surface area contributed by atoms with Crippen LogP contribution in [0.2, 0.25) is 0 Å². The van der Waals surface area contributed by atoms with Gasteiger partial charge in [0, 0.05) is 16.3 Å². The Hall–Kier alpha value is -2.47. The van der Waals surface area contributed by atoms with Gasteiger partial charge in [-0.2, -0.15) is 0 Å². The van der Waals surface area contributed by atoms with E-state index in [1.165, 1.54) is 18.9 Å². The molecule has 1 amide bonds. The fourth-order valence-corrected chi connectivity index (χ4v) is 2.53. The summed E-state index contributed by atoms with van der Waals surface area (Å²) in [6.45, 7) is 0. The summed E-state index contributed by atoms with van der Waals surface area (Å²) in [5, 5.41) is 2.76. The Morgan fingerprint density at radius 3 is 2.45 bits per heavy atom. The van der Waals surface area contributed by atoms with Crippen LogP contribution in [0.4, 0.5) is 11.4 Å². The molecule has 6 heteroatoms. The molecule has 0 aliphatic heterocycles. The molecule has 0 heterocycles. The Kier molecular flexibility index (Phi) is 5.43. The van der Waals surface area contributed by atoms with E-state index in [2.05, 4.69) is 10.1 Å². The molecule has 0 spiro atoms. The van der Waals surface area contributed by atoms with Crippen LogP contribution in [0.15, 0.2) is 53.4 Å². The van der Waals surface area contributed by atoms with E-state index in [-0.39, 0.29) is 11.7 Å². The SMILES string of the molecule is COC(=O)c1ccc(NC(=O)CSc2ccccc2N)cc1. The molecule has 0 unspecified atom stereocenters. The highest BCUT2D eigenvalue weighted by molar-refractivity contribution is 8.00. The number of amides is 1. The van der Waals surface area contributed by atoms with Crippen molar-refractivity contribution in [3.63, 3.8) is 0 Å². The normalized spacial score (nSPS) is 10.0. The molecule has 0 saturated carbocycles. The van der Waals surface area contributed by atoms with Crippen molar-refractivity contribution in [2.24, 2.45) is 0 Å². The third-order valence-corrected chi connectivity index (χ3v) is 3.96. The molecule has 0 bridgehead atoms. The van der Waals surface area contributed by atoms with E-state index in [0.29, 0.717) is 16.9 Å². The van der Waals surface area contributed by atoms with Crippen LogP contribution >= 0.6 is 11.8 Å². The van der Waals surface area contributed by atoms with Crippen molar-refractivity contribution in [1.29, 1.82) is 0 Å². The van der Waals surface area contributed by atoms with Crippen molar-refractivity contribution in [2.75, 3.05) is 23.9 Å². The summed E-state index contributed by atoms with van der Waals surface area (Å²) in [5.41, 5.74) is 7.54. The number of carbonyl (C=O) groups excluding carboxylic acids is 2. The number of thioether (sulfide) groups is 1. The lowest BCUT2D eigenvalue weighted by Gasteiger charge is -2.07. The lowest BCUT2D eigenvalue weighted by molar-refractivity contribution is -0.113. The van der Waals surface area contributed by atoms with Crippen LogP contribution in [0.3, 0.4) is 0 Å². The van der Waals surface area contributed by atoms with Crippen molar-refractivity contribution >= 4 is 35.0 Å². The molecule has 0 aliphatic carbocycles. The number of hydrogen-bond acceptors (Lipinski definition) is 5. The Morgan fingerprint density at radius 1 is 1.14 bits per heavy atom. The van der Waals surface area contributed by atoms with Crippen LogP contribution in [-0.2, 0) is 9.53 Å². The molecule has 2 aromatic carbocycles. The van der Waals surface area contributed by atoms with E-state index >= 15 is 0 Å². The quantitative estimate of drug-likeness (QED) is 0.503. The Balaban J connectivity index is 1.89. The fraction of sp³-hybridized carbons (Fsp3) is 0.125. The number of benzene rings is 2. The second kappa shape index (κ2) is 7.51. The Labute approximate surface area is 132 Å². The van der Waals surface area contributed by atoms with Gasteiger partial charge in [-0.25, -0.2) is 4.79 Å². The smallest absolute Gasteiger partial charge is 0.337 e. The summed E-state index contributed by atoms with van der Waals surface area (Å²) in [4.78, 5) is 24.1. The number of nitrogens with two attached hydrogens (primary N) is 1. The molecular weight excluding hydrogens is 300 g/mol. The number of para-hydroxylation sites is 1. The van der Waals surface area contributed by atoms with Crippen LogP contribution < -0.4 is 11.1 Å². The fourth-order valence-electron chi connectivity index (χ4n) is 1.76. The predicted molar refractivity (Wildman–Crippen MR) is 88.0 cm³/mol. The molecule has 22 heavy (non-hydrogen) atoms. The molecule has 5 nitrogen and oxygen atoms in total. The molecular formula is C16H16N2O3S. The van der Waals surface area contributed by atoms with Crippen molar-refractivity contribution in [3.05, 3.63) is 54.1 Å². The zero-order valence-corrected chi connectivity index (χ0v) is 12.9. The van der Waals surface area contributed by atoms with E-state index < -0.39 is 5.97 Å². The molecule has 0 saturated heterocycles. The van der Waals surface area contributed by atoms with E-state index in [0.717, 1.165) is 4.90 Å². The topological polar surface area (TPSA) is 81.4 Å². The van der Waals surface area contributed by atoms with Gasteiger partial charge in [0.2, 0.25) is 5.91 Å². The molecule has 0 aromatic heterocycles. The van der Waals surface area contributed by atoms with Crippen LogP contribution in [-0.4, -0.2) is 24.7 Å². The summed E-state index contributed by atoms with van der Waals surface area (Å²) in [5.74, 6) is -0.292. The number of esters is 1. The summed E-state index contributed by atoms with van der Waals surface area (Å²) in [6, 6.07) is 13.9. The molecule has 0 aliphatic rings. The highest BCUT2D eigenvalue weighted by Gasteiger charge is 2.07. The first kappa shape index (κ1) is 15.9.